The van der Waals surface area contributed by atoms with Crippen LogP contribution in [-0.4, -0.2) is 28.4 Å². The van der Waals surface area contributed by atoms with Crippen LogP contribution in [0, 0.1) is 5.92 Å². The van der Waals surface area contributed by atoms with E-state index in [0.29, 0.717) is 0 Å². The van der Waals surface area contributed by atoms with Crippen LogP contribution in [0.25, 0.3) is 0 Å². The van der Waals surface area contributed by atoms with Crippen LogP contribution < -0.4 is 0 Å². The minimum Gasteiger partial charge on any atom is -0.481 e. The molecule has 4 nitrogen and oxygen atoms in total. The lowest BCUT2D eigenvalue weighted by atomic mass is 9.99. The van der Waals surface area contributed by atoms with Crippen molar-refractivity contribution in [2.75, 3.05) is 6.54 Å². The molecule has 0 heterocycles. The zero-order chi connectivity index (χ0) is 15.8. The number of carbonyl (C=O) groups is 2. The van der Waals surface area contributed by atoms with Crippen molar-refractivity contribution in [2.45, 2.75) is 46.1 Å². The number of benzene rings is 1. The Balaban J connectivity index is 2.95. The van der Waals surface area contributed by atoms with Crippen LogP contribution >= 0.6 is 0 Å². The van der Waals surface area contributed by atoms with Gasteiger partial charge >= 0.3 is 5.97 Å². The Morgan fingerprint density at radius 3 is 2.19 bits per heavy atom. The van der Waals surface area contributed by atoms with Crippen LogP contribution in [0.15, 0.2) is 30.3 Å². The number of carboxylic acid groups (broad SMARTS) is 1. The van der Waals surface area contributed by atoms with Crippen molar-refractivity contribution in [1.29, 1.82) is 0 Å². The maximum atomic E-state index is 12.7. The van der Waals surface area contributed by atoms with Crippen molar-refractivity contribution in [3.8, 4) is 0 Å². The highest BCUT2D eigenvalue weighted by atomic mass is 16.4. The first-order chi connectivity index (χ1) is 10.0. The first-order valence-corrected chi connectivity index (χ1v) is 7.58. The van der Waals surface area contributed by atoms with E-state index in [2.05, 4.69) is 0 Å². The van der Waals surface area contributed by atoms with Gasteiger partial charge in [-0.1, -0.05) is 44.2 Å². The monoisotopic (exact) mass is 291 g/mol. The first-order valence-electron chi connectivity index (χ1n) is 7.58. The molecule has 0 aromatic heterocycles. The van der Waals surface area contributed by atoms with Gasteiger partial charge in [-0.3, -0.25) is 9.59 Å². The maximum absolute atomic E-state index is 12.7. The quantitative estimate of drug-likeness (QED) is 0.797. The third-order valence-corrected chi connectivity index (χ3v) is 3.93. The van der Waals surface area contributed by atoms with E-state index >= 15 is 0 Å². The molecule has 4 heteroatoms. The van der Waals surface area contributed by atoms with Crippen molar-refractivity contribution >= 4 is 11.9 Å². The summed E-state index contributed by atoms with van der Waals surface area (Å²) in [5, 5.41) is 8.91. The molecule has 1 amide bonds. The predicted octanol–water partition coefficient (Wildman–Crippen LogP) is 3.49. The van der Waals surface area contributed by atoms with Crippen molar-refractivity contribution in [3.05, 3.63) is 35.9 Å². The Hall–Kier alpha value is -1.84. The Labute approximate surface area is 126 Å². The summed E-state index contributed by atoms with van der Waals surface area (Å²) < 4.78 is 0. The molecule has 1 unspecified atom stereocenters. The van der Waals surface area contributed by atoms with Gasteiger partial charge in [0.1, 0.15) is 0 Å². The molecule has 0 aliphatic heterocycles. The highest BCUT2D eigenvalue weighted by Crippen LogP contribution is 2.24. The molecule has 1 rings (SSSR count). The number of hydrogen-bond donors (Lipinski definition) is 1. The zero-order valence-corrected chi connectivity index (χ0v) is 13.1. The third kappa shape index (κ3) is 4.88. The lowest BCUT2D eigenvalue weighted by Crippen LogP contribution is -2.39. The van der Waals surface area contributed by atoms with Crippen LogP contribution in [-0.2, 0) is 9.59 Å². The Kier molecular flexibility index (Phi) is 6.92. The summed E-state index contributed by atoms with van der Waals surface area (Å²) in [4.78, 5) is 25.2. The van der Waals surface area contributed by atoms with Crippen LogP contribution in [0.3, 0.4) is 0 Å². The average molecular weight is 291 g/mol. The number of carboxylic acids is 1. The lowest BCUT2D eigenvalue weighted by Gasteiger charge is -2.32. The van der Waals surface area contributed by atoms with Gasteiger partial charge < -0.3 is 10.0 Å². The van der Waals surface area contributed by atoms with Crippen molar-refractivity contribution in [1.82, 2.24) is 4.90 Å². The van der Waals surface area contributed by atoms with Gasteiger partial charge in [0.2, 0.25) is 5.91 Å². The van der Waals surface area contributed by atoms with E-state index in [4.69, 9.17) is 5.11 Å². The topological polar surface area (TPSA) is 57.6 Å². The minimum absolute atomic E-state index is 0.0247. The van der Waals surface area contributed by atoms with Gasteiger partial charge in [-0.15, -0.1) is 0 Å². The van der Waals surface area contributed by atoms with Gasteiger partial charge in [0, 0.05) is 12.5 Å². The van der Waals surface area contributed by atoms with E-state index in [1.54, 1.807) is 4.90 Å². The fourth-order valence-corrected chi connectivity index (χ4v) is 2.49. The number of carbonyl (C=O) groups excluding carboxylic acids is 1. The molecule has 1 aromatic carbocycles. The second-order valence-electron chi connectivity index (χ2n) is 5.28. The Morgan fingerprint density at radius 1 is 1.14 bits per heavy atom. The summed E-state index contributed by atoms with van der Waals surface area (Å²) in [6.45, 7) is 6.20. The van der Waals surface area contributed by atoms with E-state index in [-0.39, 0.29) is 30.8 Å². The number of nitrogens with zero attached hydrogens (tertiary/aromatic N) is 1. The van der Waals surface area contributed by atoms with Crippen LogP contribution in [0.4, 0.5) is 0 Å². The smallest absolute Gasteiger partial charge is 0.305 e. The summed E-state index contributed by atoms with van der Waals surface area (Å²) in [7, 11) is 0. The molecule has 0 aliphatic rings. The second kappa shape index (κ2) is 8.45. The minimum atomic E-state index is -0.877. The first kappa shape index (κ1) is 17.2. The molecular weight excluding hydrogens is 266 g/mol. The summed E-state index contributed by atoms with van der Waals surface area (Å²) in [5.74, 6) is -0.861. The van der Waals surface area contributed by atoms with Gasteiger partial charge in [0.15, 0.2) is 0 Å². The van der Waals surface area contributed by atoms with E-state index in [9.17, 15) is 9.59 Å². The molecule has 0 radical (unpaired) electrons. The molecule has 0 spiro atoms. The standard InChI is InChI=1S/C17H25NO3/c1-4-14(5-2)17(21)18(12-11-16(19)20)13(3)15-9-7-6-8-10-15/h6-10,13-14H,4-5,11-12H2,1-3H3,(H,19,20). The fourth-order valence-electron chi connectivity index (χ4n) is 2.49. The maximum Gasteiger partial charge on any atom is 0.305 e. The molecule has 0 bridgehead atoms. The van der Waals surface area contributed by atoms with Crippen LogP contribution in [0.1, 0.15) is 51.6 Å². The van der Waals surface area contributed by atoms with Gasteiger partial charge in [0.05, 0.1) is 12.5 Å². The van der Waals surface area contributed by atoms with Crippen molar-refractivity contribution in [3.63, 3.8) is 0 Å². The second-order valence-corrected chi connectivity index (χ2v) is 5.28. The van der Waals surface area contributed by atoms with E-state index < -0.39 is 5.97 Å². The molecule has 116 valence electrons. The Bertz CT molecular complexity index is 454. The van der Waals surface area contributed by atoms with Gasteiger partial charge in [-0.2, -0.15) is 0 Å². The van der Waals surface area contributed by atoms with Gasteiger partial charge in [0.25, 0.3) is 0 Å². The molecule has 0 saturated carbocycles. The van der Waals surface area contributed by atoms with E-state index in [1.165, 1.54) is 0 Å². The number of aliphatic carboxylic acids is 1. The molecule has 21 heavy (non-hydrogen) atoms. The molecule has 1 atom stereocenters. The highest BCUT2D eigenvalue weighted by Gasteiger charge is 2.26. The molecule has 0 saturated heterocycles. The summed E-state index contributed by atoms with van der Waals surface area (Å²) in [5.41, 5.74) is 1.03. The zero-order valence-electron chi connectivity index (χ0n) is 13.1. The largest absolute Gasteiger partial charge is 0.481 e. The SMILES string of the molecule is CCC(CC)C(=O)N(CCC(=O)O)C(C)c1ccccc1. The van der Waals surface area contributed by atoms with Crippen molar-refractivity contribution < 1.29 is 14.7 Å². The predicted molar refractivity (Wildman–Crippen MR) is 82.9 cm³/mol. The summed E-state index contributed by atoms with van der Waals surface area (Å²) >= 11 is 0. The van der Waals surface area contributed by atoms with E-state index in [0.717, 1.165) is 18.4 Å². The molecule has 1 N–H and O–H groups in total. The summed E-state index contributed by atoms with van der Waals surface area (Å²) in [6.07, 6.45) is 1.53. The number of rotatable bonds is 8. The number of amides is 1. The van der Waals surface area contributed by atoms with Crippen LogP contribution in [0.5, 0.6) is 0 Å². The molecular formula is C17H25NO3. The fraction of sp³-hybridized carbons (Fsp3) is 0.529. The third-order valence-electron chi connectivity index (χ3n) is 3.93. The van der Waals surface area contributed by atoms with Crippen LogP contribution in [0.2, 0.25) is 0 Å². The molecule has 1 aromatic rings. The van der Waals surface area contributed by atoms with E-state index in [1.807, 2.05) is 51.1 Å². The Morgan fingerprint density at radius 2 is 1.71 bits per heavy atom. The molecule has 0 fully saturated rings. The van der Waals surface area contributed by atoms with Gasteiger partial charge in [-0.05, 0) is 25.3 Å². The van der Waals surface area contributed by atoms with Crippen molar-refractivity contribution in [2.24, 2.45) is 5.92 Å². The molecule has 0 aliphatic carbocycles. The normalized spacial score (nSPS) is 12.2. The van der Waals surface area contributed by atoms with Gasteiger partial charge in [-0.25, -0.2) is 0 Å². The average Bonchev–Trinajstić information content (AvgIpc) is 2.49. The lowest BCUT2D eigenvalue weighted by molar-refractivity contribution is -0.141. The number of hydrogen-bond acceptors (Lipinski definition) is 2. The highest BCUT2D eigenvalue weighted by molar-refractivity contribution is 5.80. The summed E-state index contributed by atoms with van der Waals surface area (Å²) in [6, 6.07) is 9.63.